The maximum atomic E-state index is 13.3. The van der Waals surface area contributed by atoms with Crippen molar-refractivity contribution in [2.24, 2.45) is 0 Å². The standard InChI is InChI=1S/C26H28O6/c1-19-11-5-2-10-16-22(30-18-20-12-6-3-7-13-20)25(28)23(17-24(27)31-19)32-26(29)21-14-8-4-9-15-21/h2-4,6-10,12-15,19,22-23H,5,11,16-18H2,1H3/b10-2-/t19-,22-,23+/m0/s1. The predicted octanol–water partition coefficient (Wildman–Crippen LogP) is 4.43. The third-order valence-electron chi connectivity index (χ3n) is 5.13. The molecule has 3 rings (SSSR count). The largest absolute Gasteiger partial charge is 0.463 e. The number of benzene rings is 2. The molecule has 0 spiro atoms. The Labute approximate surface area is 188 Å². The van der Waals surface area contributed by atoms with E-state index in [1.165, 1.54) is 0 Å². The Kier molecular flexibility index (Phi) is 8.75. The van der Waals surface area contributed by atoms with Gasteiger partial charge in [-0.05, 0) is 43.9 Å². The molecule has 1 heterocycles. The number of cyclic esters (lactones) is 1. The Bertz CT molecular complexity index is 922. The van der Waals surface area contributed by atoms with E-state index >= 15 is 0 Å². The molecule has 0 aliphatic carbocycles. The highest BCUT2D eigenvalue weighted by Gasteiger charge is 2.33. The summed E-state index contributed by atoms with van der Waals surface area (Å²) in [4.78, 5) is 38.4. The van der Waals surface area contributed by atoms with E-state index < -0.39 is 29.9 Å². The molecule has 2 aromatic carbocycles. The van der Waals surface area contributed by atoms with Gasteiger partial charge in [-0.15, -0.1) is 0 Å². The molecule has 6 heteroatoms. The second kappa shape index (κ2) is 12.0. The molecule has 1 aliphatic rings. The fourth-order valence-electron chi connectivity index (χ4n) is 3.37. The van der Waals surface area contributed by atoms with Gasteiger partial charge in [-0.3, -0.25) is 9.59 Å². The van der Waals surface area contributed by atoms with Crippen LogP contribution in [0.2, 0.25) is 0 Å². The zero-order valence-corrected chi connectivity index (χ0v) is 18.1. The lowest BCUT2D eigenvalue weighted by Gasteiger charge is -2.23. The van der Waals surface area contributed by atoms with Gasteiger partial charge in [-0.25, -0.2) is 4.79 Å². The minimum atomic E-state index is -1.30. The van der Waals surface area contributed by atoms with Gasteiger partial charge in [0.15, 0.2) is 6.10 Å². The summed E-state index contributed by atoms with van der Waals surface area (Å²) in [5, 5.41) is 0. The SMILES string of the molecule is C[C@H]1CC/C=C\C[C@H](OCc2ccccc2)C(=O)[C@H](OC(=O)c2ccccc2)CC(=O)O1. The number of carbonyl (C=O) groups excluding carboxylic acids is 3. The minimum absolute atomic E-state index is 0.228. The number of hydrogen-bond donors (Lipinski definition) is 0. The number of Topliss-reactive ketones (excluding diaryl/α,β-unsaturated/α-hetero) is 1. The van der Waals surface area contributed by atoms with E-state index in [-0.39, 0.29) is 19.1 Å². The first-order valence-electron chi connectivity index (χ1n) is 10.8. The summed E-state index contributed by atoms with van der Waals surface area (Å²) in [6.45, 7) is 2.03. The van der Waals surface area contributed by atoms with Crippen molar-refractivity contribution in [2.75, 3.05) is 0 Å². The molecule has 3 atom stereocenters. The molecule has 0 aromatic heterocycles. The lowest BCUT2D eigenvalue weighted by Crippen LogP contribution is -2.39. The quantitative estimate of drug-likeness (QED) is 0.510. The Hall–Kier alpha value is -3.25. The number of ketones is 1. The first-order valence-corrected chi connectivity index (χ1v) is 10.8. The van der Waals surface area contributed by atoms with E-state index in [1.54, 1.807) is 37.3 Å². The van der Waals surface area contributed by atoms with E-state index in [4.69, 9.17) is 14.2 Å². The van der Waals surface area contributed by atoms with Crippen molar-refractivity contribution in [1.29, 1.82) is 0 Å². The van der Waals surface area contributed by atoms with Crippen LogP contribution in [0.25, 0.3) is 0 Å². The Balaban J connectivity index is 1.80. The minimum Gasteiger partial charge on any atom is -0.463 e. The van der Waals surface area contributed by atoms with Gasteiger partial charge in [0.05, 0.1) is 24.7 Å². The zero-order valence-electron chi connectivity index (χ0n) is 18.1. The van der Waals surface area contributed by atoms with E-state index in [0.717, 1.165) is 12.0 Å². The van der Waals surface area contributed by atoms with Crippen LogP contribution in [0.4, 0.5) is 0 Å². The molecule has 0 saturated carbocycles. The Morgan fingerprint density at radius 2 is 1.66 bits per heavy atom. The second-order valence-corrected chi connectivity index (χ2v) is 7.74. The maximum Gasteiger partial charge on any atom is 0.338 e. The molecular weight excluding hydrogens is 408 g/mol. The molecule has 0 bridgehead atoms. The average Bonchev–Trinajstić information content (AvgIpc) is 2.80. The number of carbonyl (C=O) groups is 3. The van der Waals surface area contributed by atoms with Crippen molar-refractivity contribution in [3.63, 3.8) is 0 Å². The van der Waals surface area contributed by atoms with Crippen LogP contribution in [0.3, 0.4) is 0 Å². The molecule has 0 unspecified atom stereocenters. The lowest BCUT2D eigenvalue weighted by atomic mass is 10.0. The van der Waals surface area contributed by atoms with Crippen molar-refractivity contribution in [1.82, 2.24) is 0 Å². The predicted molar refractivity (Wildman–Crippen MR) is 119 cm³/mol. The average molecular weight is 437 g/mol. The maximum absolute atomic E-state index is 13.3. The molecular formula is C26H28O6. The van der Waals surface area contributed by atoms with Gasteiger partial charge in [-0.1, -0.05) is 60.7 Å². The van der Waals surface area contributed by atoms with E-state index in [0.29, 0.717) is 18.4 Å². The molecule has 6 nitrogen and oxygen atoms in total. The van der Waals surface area contributed by atoms with Crippen molar-refractivity contribution in [2.45, 2.75) is 57.5 Å². The van der Waals surface area contributed by atoms with Gasteiger partial charge in [-0.2, -0.15) is 0 Å². The summed E-state index contributed by atoms with van der Waals surface area (Å²) < 4.78 is 16.8. The van der Waals surface area contributed by atoms with E-state index in [2.05, 4.69) is 0 Å². The number of ether oxygens (including phenoxy) is 3. The van der Waals surface area contributed by atoms with Gasteiger partial charge in [0.25, 0.3) is 0 Å². The number of hydrogen-bond acceptors (Lipinski definition) is 6. The number of allylic oxidation sites excluding steroid dienone is 1. The van der Waals surface area contributed by atoms with Crippen LogP contribution >= 0.6 is 0 Å². The highest BCUT2D eigenvalue weighted by atomic mass is 16.6. The molecule has 0 saturated heterocycles. The first kappa shape index (κ1) is 23.4. The van der Waals surface area contributed by atoms with Gasteiger partial charge in [0.1, 0.15) is 6.10 Å². The van der Waals surface area contributed by atoms with E-state index in [9.17, 15) is 14.4 Å². The summed E-state index contributed by atoms with van der Waals surface area (Å²) in [5.74, 6) is -1.71. The van der Waals surface area contributed by atoms with Crippen molar-refractivity contribution < 1.29 is 28.6 Å². The third kappa shape index (κ3) is 7.17. The van der Waals surface area contributed by atoms with Crippen LogP contribution in [-0.2, 0) is 30.4 Å². The third-order valence-corrected chi connectivity index (χ3v) is 5.13. The van der Waals surface area contributed by atoms with Gasteiger partial charge in [0, 0.05) is 0 Å². The molecule has 2 aromatic rings. The first-order chi connectivity index (χ1) is 15.5. The zero-order chi connectivity index (χ0) is 22.8. The van der Waals surface area contributed by atoms with Crippen molar-refractivity contribution in [3.8, 4) is 0 Å². The second-order valence-electron chi connectivity index (χ2n) is 7.74. The van der Waals surface area contributed by atoms with Crippen LogP contribution in [0, 0.1) is 0 Å². The summed E-state index contributed by atoms with van der Waals surface area (Å²) in [7, 11) is 0. The van der Waals surface area contributed by atoms with Crippen LogP contribution in [0.5, 0.6) is 0 Å². The Morgan fingerprint density at radius 3 is 2.38 bits per heavy atom. The lowest BCUT2D eigenvalue weighted by molar-refractivity contribution is -0.155. The fraction of sp³-hybridized carbons (Fsp3) is 0.346. The molecule has 32 heavy (non-hydrogen) atoms. The number of rotatable bonds is 5. The molecule has 1 aliphatic heterocycles. The van der Waals surface area contributed by atoms with Crippen LogP contribution in [0.1, 0.15) is 48.5 Å². The summed E-state index contributed by atoms with van der Waals surface area (Å²) in [5.41, 5.74) is 1.22. The van der Waals surface area contributed by atoms with Gasteiger partial charge < -0.3 is 14.2 Å². The molecule has 168 valence electrons. The van der Waals surface area contributed by atoms with Crippen LogP contribution in [0.15, 0.2) is 72.8 Å². The van der Waals surface area contributed by atoms with Crippen molar-refractivity contribution >= 4 is 17.7 Å². The molecule has 0 radical (unpaired) electrons. The fourth-order valence-corrected chi connectivity index (χ4v) is 3.37. The normalized spacial score (nSPS) is 23.3. The topological polar surface area (TPSA) is 78.9 Å². The molecule has 0 N–H and O–H groups in total. The van der Waals surface area contributed by atoms with Gasteiger partial charge in [0.2, 0.25) is 5.78 Å². The summed E-state index contributed by atoms with van der Waals surface area (Å²) in [6.07, 6.45) is 2.76. The van der Waals surface area contributed by atoms with E-state index in [1.807, 2.05) is 42.5 Å². The summed E-state index contributed by atoms with van der Waals surface area (Å²) in [6, 6.07) is 17.9. The monoisotopic (exact) mass is 436 g/mol. The van der Waals surface area contributed by atoms with Crippen LogP contribution < -0.4 is 0 Å². The smallest absolute Gasteiger partial charge is 0.338 e. The van der Waals surface area contributed by atoms with Gasteiger partial charge >= 0.3 is 11.9 Å². The Morgan fingerprint density at radius 1 is 0.969 bits per heavy atom. The highest BCUT2D eigenvalue weighted by Crippen LogP contribution is 2.18. The molecule has 0 amide bonds. The number of esters is 2. The van der Waals surface area contributed by atoms with Crippen LogP contribution in [-0.4, -0.2) is 36.0 Å². The van der Waals surface area contributed by atoms with Crippen molar-refractivity contribution in [3.05, 3.63) is 83.9 Å². The summed E-state index contributed by atoms with van der Waals surface area (Å²) >= 11 is 0. The molecule has 0 fully saturated rings. The highest BCUT2D eigenvalue weighted by molar-refractivity contribution is 5.96.